The number of rotatable bonds is 5. The van der Waals surface area contributed by atoms with Crippen LogP contribution in [-0.4, -0.2) is 18.4 Å². The Labute approximate surface area is 153 Å². The van der Waals surface area contributed by atoms with Crippen molar-refractivity contribution in [1.82, 2.24) is 0 Å². The zero-order valence-electron chi connectivity index (χ0n) is 15.2. The standard InChI is InChI=1S/C21H23NO4/c1-13(2)18-9-4-14(3)10-19(18)26-17-7-5-16(6-8-17)22-12-15(21(24)25)11-20(22)23/h4-10,13,15H,11-12H2,1-3H3,(H,24,25)/p-1/t15-/m1/s1. The molecule has 5 heteroatoms. The summed E-state index contributed by atoms with van der Waals surface area (Å²) in [6.45, 7) is 6.41. The average molecular weight is 352 g/mol. The first-order valence-electron chi connectivity index (χ1n) is 8.75. The van der Waals surface area contributed by atoms with Gasteiger partial charge in [-0.15, -0.1) is 0 Å². The quantitative estimate of drug-likeness (QED) is 0.829. The van der Waals surface area contributed by atoms with Gasteiger partial charge >= 0.3 is 0 Å². The number of aryl methyl sites for hydroxylation is 1. The number of benzene rings is 2. The molecule has 26 heavy (non-hydrogen) atoms. The summed E-state index contributed by atoms with van der Waals surface area (Å²) in [6.07, 6.45) is -0.0123. The molecule has 0 radical (unpaired) electrons. The summed E-state index contributed by atoms with van der Waals surface area (Å²) in [6, 6.07) is 13.3. The first kappa shape index (κ1) is 18.0. The molecule has 1 heterocycles. The number of ether oxygens (including phenoxy) is 1. The lowest BCUT2D eigenvalue weighted by molar-refractivity contribution is -0.310. The van der Waals surface area contributed by atoms with Crippen LogP contribution in [-0.2, 0) is 9.59 Å². The van der Waals surface area contributed by atoms with Crippen molar-refractivity contribution in [2.75, 3.05) is 11.4 Å². The van der Waals surface area contributed by atoms with Crippen LogP contribution in [0.3, 0.4) is 0 Å². The second-order valence-corrected chi connectivity index (χ2v) is 7.02. The number of amides is 1. The number of aliphatic carboxylic acids is 1. The van der Waals surface area contributed by atoms with E-state index in [4.69, 9.17) is 4.74 Å². The fourth-order valence-electron chi connectivity index (χ4n) is 3.14. The number of hydrogen-bond donors (Lipinski definition) is 0. The fourth-order valence-corrected chi connectivity index (χ4v) is 3.14. The summed E-state index contributed by atoms with van der Waals surface area (Å²) in [5.74, 6) is -0.297. The lowest BCUT2D eigenvalue weighted by atomic mass is 10.0. The van der Waals surface area contributed by atoms with Crippen molar-refractivity contribution in [3.8, 4) is 11.5 Å². The zero-order valence-corrected chi connectivity index (χ0v) is 15.2. The van der Waals surface area contributed by atoms with Crippen LogP contribution in [0.5, 0.6) is 11.5 Å². The van der Waals surface area contributed by atoms with Crippen LogP contribution in [0.25, 0.3) is 0 Å². The van der Waals surface area contributed by atoms with E-state index in [2.05, 4.69) is 26.0 Å². The minimum absolute atomic E-state index is 0.0123. The molecule has 0 bridgehead atoms. The summed E-state index contributed by atoms with van der Waals surface area (Å²) < 4.78 is 6.05. The Morgan fingerprint density at radius 3 is 2.46 bits per heavy atom. The van der Waals surface area contributed by atoms with Gasteiger partial charge in [0.25, 0.3) is 0 Å². The third kappa shape index (κ3) is 3.72. The Kier molecular flexibility index (Phi) is 4.98. The lowest BCUT2D eigenvalue weighted by Crippen LogP contribution is -2.33. The predicted molar refractivity (Wildman–Crippen MR) is 97.3 cm³/mol. The van der Waals surface area contributed by atoms with Gasteiger partial charge in [-0.2, -0.15) is 0 Å². The molecular weight excluding hydrogens is 330 g/mol. The number of carboxylic acids is 1. The van der Waals surface area contributed by atoms with Crippen molar-refractivity contribution in [2.45, 2.75) is 33.1 Å². The molecule has 0 aromatic heterocycles. The number of nitrogens with zero attached hydrogens (tertiary/aromatic N) is 1. The van der Waals surface area contributed by atoms with Crippen LogP contribution < -0.4 is 14.7 Å². The van der Waals surface area contributed by atoms with Crippen molar-refractivity contribution in [3.05, 3.63) is 53.6 Å². The largest absolute Gasteiger partial charge is 0.550 e. The molecular formula is C21H22NO4-. The molecule has 1 saturated heterocycles. The van der Waals surface area contributed by atoms with Crippen molar-refractivity contribution in [1.29, 1.82) is 0 Å². The molecule has 0 unspecified atom stereocenters. The van der Waals surface area contributed by atoms with E-state index >= 15 is 0 Å². The molecule has 1 fully saturated rings. The van der Waals surface area contributed by atoms with Gasteiger partial charge in [0.2, 0.25) is 5.91 Å². The Balaban J connectivity index is 1.78. The summed E-state index contributed by atoms with van der Waals surface area (Å²) in [5, 5.41) is 11.0. The maximum Gasteiger partial charge on any atom is 0.227 e. The first-order valence-corrected chi connectivity index (χ1v) is 8.75. The van der Waals surface area contributed by atoms with Crippen molar-refractivity contribution in [2.24, 2.45) is 5.92 Å². The molecule has 1 amide bonds. The van der Waals surface area contributed by atoms with E-state index in [0.717, 1.165) is 16.9 Å². The maximum absolute atomic E-state index is 12.0. The van der Waals surface area contributed by atoms with E-state index in [9.17, 15) is 14.7 Å². The summed E-state index contributed by atoms with van der Waals surface area (Å²) in [4.78, 5) is 24.5. The Hall–Kier alpha value is -2.82. The normalized spacial score (nSPS) is 17.0. The van der Waals surface area contributed by atoms with Gasteiger partial charge in [-0.05, 0) is 54.3 Å². The molecule has 2 aromatic carbocycles. The first-order chi connectivity index (χ1) is 12.3. The maximum atomic E-state index is 12.0. The smallest absolute Gasteiger partial charge is 0.227 e. The third-order valence-electron chi connectivity index (χ3n) is 4.63. The highest BCUT2D eigenvalue weighted by atomic mass is 16.5. The van der Waals surface area contributed by atoms with Crippen LogP contribution in [0.15, 0.2) is 42.5 Å². The Morgan fingerprint density at radius 1 is 1.19 bits per heavy atom. The molecule has 0 spiro atoms. The van der Waals surface area contributed by atoms with Crippen LogP contribution in [0.2, 0.25) is 0 Å². The number of anilines is 1. The Bertz CT molecular complexity index is 826. The van der Waals surface area contributed by atoms with Gasteiger partial charge in [0, 0.05) is 30.5 Å². The lowest BCUT2D eigenvalue weighted by Gasteiger charge is -2.18. The SMILES string of the molecule is Cc1ccc(C(C)C)c(Oc2ccc(N3C[C@H](C(=O)[O-])CC3=O)cc2)c1. The monoisotopic (exact) mass is 352 g/mol. The van der Waals surface area contributed by atoms with Crippen molar-refractivity contribution in [3.63, 3.8) is 0 Å². The van der Waals surface area contributed by atoms with Gasteiger partial charge in [-0.3, -0.25) is 4.79 Å². The predicted octanol–water partition coefficient (Wildman–Crippen LogP) is 3.01. The minimum atomic E-state index is -1.18. The number of carboxylic acid groups (broad SMARTS) is 1. The molecule has 0 N–H and O–H groups in total. The van der Waals surface area contributed by atoms with Gasteiger partial charge in [-0.1, -0.05) is 26.0 Å². The van der Waals surface area contributed by atoms with Gasteiger partial charge in [0.15, 0.2) is 0 Å². The second-order valence-electron chi connectivity index (χ2n) is 7.02. The highest BCUT2D eigenvalue weighted by molar-refractivity contribution is 5.99. The summed E-state index contributed by atoms with van der Waals surface area (Å²) in [7, 11) is 0. The van der Waals surface area contributed by atoms with Gasteiger partial charge in [-0.25, -0.2) is 0 Å². The Morgan fingerprint density at radius 2 is 1.88 bits per heavy atom. The number of carbonyl (C=O) groups is 2. The van der Waals surface area contributed by atoms with E-state index in [-0.39, 0.29) is 18.9 Å². The van der Waals surface area contributed by atoms with E-state index in [1.54, 1.807) is 24.3 Å². The average Bonchev–Trinajstić information content (AvgIpc) is 2.97. The van der Waals surface area contributed by atoms with E-state index in [1.165, 1.54) is 4.90 Å². The van der Waals surface area contributed by atoms with Crippen molar-refractivity contribution < 1.29 is 19.4 Å². The summed E-state index contributed by atoms with van der Waals surface area (Å²) in [5.41, 5.74) is 2.92. The van der Waals surface area contributed by atoms with Gasteiger partial charge in [0.1, 0.15) is 11.5 Å². The number of carbonyl (C=O) groups excluding carboxylic acids is 2. The topological polar surface area (TPSA) is 69.7 Å². The van der Waals surface area contributed by atoms with Gasteiger partial charge < -0.3 is 19.5 Å². The molecule has 5 nitrogen and oxygen atoms in total. The molecule has 1 atom stereocenters. The molecule has 0 saturated carbocycles. The summed E-state index contributed by atoms with van der Waals surface area (Å²) >= 11 is 0. The molecule has 0 aliphatic carbocycles. The van der Waals surface area contributed by atoms with Crippen LogP contribution in [0.1, 0.15) is 37.3 Å². The molecule has 1 aliphatic rings. The molecule has 3 rings (SSSR count). The molecule has 2 aromatic rings. The highest BCUT2D eigenvalue weighted by Crippen LogP contribution is 2.33. The van der Waals surface area contributed by atoms with E-state index in [1.807, 2.05) is 13.0 Å². The van der Waals surface area contributed by atoms with Crippen LogP contribution in [0, 0.1) is 12.8 Å². The van der Waals surface area contributed by atoms with Crippen LogP contribution in [0.4, 0.5) is 5.69 Å². The van der Waals surface area contributed by atoms with Crippen LogP contribution >= 0.6 is 0 Å². The molecule has 136 valence electrons. The third-order valence-corrected chi connectivity index (χ3v) is 4.63. The fraction of sp³-hybridized carbons (Fsp3) is 0.333. The van der Waals surface area contributed by atoms with E-state index in [0.29, 0.717) is 17.4 Å². The number of hydrogen-bond acceptors (Lipinski definition) is 4. The molecule has 1 aliphatic heterocycles. The van der Waals surface area contributed by atoms with E-state index < -0.39 is 11.9 Å². The van der Waals surface area contributed by atoms with Crippen molar-refractivity contribution >= 4 is 17.6 Å². The zero-order chi connectivity index (χ0) is 18.8. The second kappa shape index (κ2) is 7.20. The van der Waals surface area contributed by atoms with Gasteiger partial charge in [0.05, 0.1) is 0 Å². The highest BCUT2D eigenvalue weighted by Gasteiger charge is 2.31. The minimum Gasteiger partial charge on any atom is -0.550 e.